The highest BCUT2D eigenvalue weighted by Gasteiger charge is 2.37. The zero-order chi connectivity index (χ0) is 56.7. The smallest absolute Gasteiger partial charge is 0.284 e. The summed E-state index contributed by atoms with van der Waals surface area (Å²) in [7, 11) is 0. The second-order valence-corrected chi connectivity index (χ2v) is 21.6. The molecule has 19 nitrogen and oxygen atoms in total. The van der Waals surface area contributed by atoms with Gasteiger partial charge >= 0.3 is 0 Å². The number of hydrogen-bond acceptors (Lipinski definition) is 14. The molecule has 0 bridgehead atoms. The third-order valence-corrected chi connectivity index (χ3v) is 14.0. The Bertz CT molecular complexity index is 3090. The molecule has 0 saturated heterocycles. The van der Waals surface area contributed by atoms with Gasteiger partial charge in [0.05, 0.1) is 76.5 Å². The molecule has 1 aliphatic heterocycles. The van der Waals surface area contributed by atoms with Gasteiger partial charge in [-0.2, -0.15) is 5.10 Å². The zero-order valence-electron chi connectivity index (χ0n) is 46.1. The molecule has 430 valence electrons. The summed E-state index contributed by atoms with van der Waals surface area (Å²) in [5, 5.41) is 15.8. The standard InChI is InChI=1S/C60H71F2N9O10/c1-60(2,3)34-53(72)70-36-44-31-46(18-15-42(44)32-51(70)58(75)66-48-10-6-8-40-7-4-5-9-47(40)48)80-30-29-79-28-27-78-26-25-77-24-23-76-22-21-64-56(73)41-13-16-45(17-14-41)71-37-49(54(69-71)55(61)62)67-57(74)50-38-81-59(68-50)43-19-20-63-52(33-43)65-35-39-11-12-39/h4-5,7,9,13-20,31,33,37-39,48,51,55H,6,8,10-12,21-30,32,34-36H2,1-3H3,(H,63,65)(H,64,73)(H,66,75)(H,67,74)/t48-,51?/m1/s1. The van der Waals surface area contributed by atoms with Crippen molar-refractivity contribution in [1.82, 2.24) is 35.3 Å². The van der Waals surface area contributed by atoms with Gasteiger partial charge in [0.25, 0.3) is 18.2 Å². The van der Waals surface area contributed by atoms with Crippen molar-refractivity contribution in [3.8, 4) is 22.9 Å². The van der Waals surface area contributed by atoms with E-state index in [1.54, 1.807) is 35.4 Å². The fraction of sp³-hybridized carbons (Fsp3) is 0.450. The van der Waals surface area contributed by atoms with E-state index in [0.717, 1.165) is 48.8 Å². The average molecular weight is 1120 g/mol. The molecule has 4 N–H and O–H groups in total. The third-order valence-electron chi connectivity index (χ3n) is 14.0. The SMILES string of the molecule is CC(C)(C)CC(=O)N1Cc2cc(OCCOCCOCCOCCOCCNC(=O)c3ccc(-n4cc(NC(=O)c5coc(-c6ccnc(NCC7CC7)c6)n5)c(C(F)F)n4)cc3)ccc2CC1C(=O)N[C@@H]1CCCc2ccccc21. The van der Waals surface area contributed by atoms with Crippen molar-refractivity contribution in [2.75, 3.05) is 83.2 Å². The fourth-order valence-corrected chi connectivity index (χ4v) is 9.66. The van der Waals surface area contributed by atoms with Crippen LogP contribution in [0.1, 0.15) is 114 Å². The summed E-state index contributed by atoms with van der Waals surface area (Å²) in [5.74, 6) is 0.873. The van der Waals surface area contributed by atoms with Crippen LogP contribution in [0.4, 0.5) is 20.3 Å². The Morgan fingerprint density at radius 2 is 1.53 bits per heavy atom. The van der Waals surface area contributed by atoms with Gasteiger partial charge in [-0.15, -0.1) is 0 Å². The van der Waals surface area contributed by atoms with Crippen LogP contribution in [-0.4, -0.2) is 127 Å². The van der Waals surface area contributed by atoms with Crippen LogP contribution >= 0.6 is 0 Å². The first-order chi connectivity index (χ1) is 39.2. The topological polar surface area (TPSA) is 223 Å². The Balaban J connectivity index is 0.612. The molecule has 2 aliphatic carbocycles. The molecule has 9 rings (SSSR count). The Kier molecular flexibility index (Phi) is 19.9. The maximum atomic E-state index is 14.1. The second kappa shape index (κ2) is 27.7. The van der Waals surface area contributed by atoms with Crippen LogP contribution in [0.2, 0.25) is 0 Å². The summed E-state index contributed by atoms with van der Waals surface area (Å²) < 4.78 is 63.4. The maximum absolute atomic E-state index is 14.1. The first kappa shape index (κ1) is 58.1. The number of carbonyl (C=O) groups is 4. The first-order valence-corrected chi connectivity index (χ1v) is 27.7. The van der Waals surface area contributed by atoms with Crippen molar-refractivity contribution in [1.29, 1.82) is 0 Å². The van der Waals surface area contributed by atoms with Crippen molar-refractivity contribution >= 4 is 35.1 Å². The lowest BCUT2D eigenvalue weighted by atomic mass is 9.86. The van der Waals surface area contributed by atoms with E-state index in [9.17, 15) is 28.0 Å². The molecular weight excluding hydrogens is 1040 g/mol. The predicted molar refractivity (Wildman–Crippen MR) is 297 cm³/mol. The third kappa shape index (κ3) is 16.5. The fourth-order valence-electron chi connectivity index (χ4n) is 9.66. The number of ether oxygens (including phenoxy) is 5. The molecule has 6 aromatic rings. The molecule has 0 radical (unpaired) electrons. The van der Waals surface area contributed by atoms with Crippen LogP contribution in [0.15, 0.2) is 102 Å². The van der Waals surface area contributed by atoms with E-state index in [1.165, 1.54) is 41.4 Å². The molecule has 4 heterocycles. The van der Waals surface area contributed by atoms with E-state index in [0.29, 0.717) is 107 Å². The molecule has 0 spiro atoms. The number of carbonyl (C=O) groups excluding carboxylic acids is 4. The minimum atomic E-state index is -3.00. The van der Waals surface area contributed by atoms with E-state index in [2.05, 4.69) is 48.5 Å². The number of benzene rings is 3. The molecule has 3 aromatic heterocycles. The molecular formula is C60H71F2N9O10. The summed E-state index contributed by atoms with van der Waals surface area (Å²) in [6.07, 6.45) is 7.05. The van der Waals surface area contributed by atoms with Gasteiger partial charge in [0.15, 0.2) is 11.4 Å². The Morgan fingerprint density at radius 3 is 2.26 bits per heavy atom. The number of fused-ring (bicyclic) bond motifs is 2. The lowest BCUT2D eigenvalue weighted by molar-refractivity contribution is -0.143. The molecule has 1 fully saturated rings. The minimum Gasteiger partial charge on any atom is -0.491 e. The van der Waals surface area contributed by atoms with Crippen LogP contribution in [0, 0.1) is 11.3 Å². The highest BCUT2D eigenvalue weighted by molar-refractivity contribution is 6.03. The van der Waals surface area contributed by atoms with Gasteiger partial charge in [-0.05, 0) is 114 Å². The number of pyridine rings is 1. The van der Waals surface area contributed by atoms with Gasteiger partial charge < -0.3 is 54.3 Å². The van der Waals surface area contributed by atoms with Crippen LogP contribution in [-0.2, 0) is 47.9 Å². The van der Waals surface area contributed by atoms with E-state index in [4.69, 9.17) is 28.1 Å². The number of aryl methyl sites for hydroxylation is 1. The van der Waals surface area contributed by atoms with Crippen molar-refractivity contribution < 1.29 is 56.1 Å². The van der Waals surface area contributed by atoms with E-state index < -0.39 is 24.1 Å². The van der Waals surface area contributed by atoms with Gasteiger partial charge in [0.2, 0.25) is 17.7 Å². The predicted octanol–water partition coefficient (Wildman–Crippen LogP) is 8.69. The number of nitrogens with one attached hydrogen (secondary N) is 4. The monoisotopic (exact) mass is 1120 g/mol. The number of aromatic nitrogens is 4. The molecule has 1 saturated carbocycles. The highest BCUT2D eigenvalue weighted by Crippen LogP contribution is 2.34. The van der Waals surface area contributed by atoms with E-state index >= 15 is 0 Å². The van der Waals surface area contributed by atoms with Crippen molar-refractivity contribution in [2.24, 2.45) is 11.3 Å². The number of halogens is 2. The number of nitrogens with zero attached hydrogens (tertiary/aromatic N) is 5. The maximum Gasteiger partial charge on any atom is 0.284 e. The molecule has 21 heteroatoms. The van der Waals surface area contributed by atoms with E-state index in [1.807, 2.05) is 51.1 Å². The number of amides is 4. The molecule has 3 aliphatic rings. The van der Waals surface area contributed by atoms with Gasteiger partial charge in [-0.25, -0.2) is 23.4 Å². The first-order valence-electron chi connectivity index (χ1n) is 27.7. The second-order valence-electron chi connectivity index (χ2n) is 21.6. The number of alkyl halides is 2. The Labute approximate surface area is 469 Å². The molecule has 3 aromatic carbocycles. The Hall–Kier alpha value is -7.59. The summed E-state index contributed by atoms with van der Waals surface area (Å²) >= 11 is 0. The van der Waals surface area contributed by atoms with Gasteiger partial charge in [0.1, 0.15) is 30.5 Å². The molecule has 4 amide bonds. The molecule has 1 unspecified atom stereocenters. The average Bonchev–Trinajstić information content (AvgIpc) is 4.06. The van der Waals surface area contributed by atoms with Gasteiger partial charge in [-0.3, -0.25) is 19.2 Å². The number of hydrogen-bond donors (Lipinski definition) is 4. The number of rotatable bonds is 28. The van der Waals surface area contributed by atoms with E-state index in [-0.39, 0.29) is 59.6 Å². The minimum absolute atomic E-state index is 0.0401. The normalized spacial score (nSPS) is 15.9. The van der Waals surface area contributed by atoms with Gasteiger partial charge in [0, 0.05) is 49.8 Å². The van der Waals surface area contributed by atoms with Crippen molar-refractivity contribution in [3.63, 3.8) is 0 Å². The highest BCUT2D eigenvalue weighted by atomic mass is 19.3. The van der Waals surface area contributed by atoms with Crippen molar-refractivity contribution in [2.45, 2.75) is 90.8 Å². The molecule has 2 atom stereocenters. The van der Waals surface area contributed by atoms with Crippen LogP contribution < -0.4 is 26.0 Å². The zero-order valence-corrected chi connectivity index (χ0v) is 46.1. The van der Waals surface area contributed by atoms with Gasteiger partial charge in [-0.1, -0.05) is 51.1 Å². The summed E-state index contributed by atoms with van der Waals surface area (Å²) in [4.78, 5) is 64.0. The molecule has 81 heavy (non-hydrogen) atoms. The quantitative estimate of drug-likeness (QED) is 0.0338. The number of anilines is 2. The lowest BCUT2D eigenvalue weighted by Crippen LogP contribution is -2.53. The van der Waals surface area contributed by atoms with Crippen molar-refractivity contribution in [3.05, 3.63) is 137 Å². The largest absolute Gasteiger partial charge is 0.491 e. The summed E-state index contributed by atoms with van der Waals surface area (Å²) in [6.45, 7) is 10.6. The summed E-state index contributed by atoms with van der Waals surface area (Å²) in [6, 6.07) is 23.1. The Morgan fingerprint density at radius 1 is 0.802 bits per heavy atom. The van der Waals surface area contributed by atoms with Crippen LogP contribution in [0.25, 0.3) is 17.1 Å². The lowest BCUT2D eigenvalue weighted by Gasteiger charge is -2.38. The van der Waals surface area contributed by atoms with Crippen LogP contribution in [0.3, 0.4) is 0 Å². The van der Waals surface area contributed by atoms with Crippen LogP contribution in [0.5, 0.6) is 5.75 Å². The number of oxazole rings is 1. The summed E-state index contributed by atoms with van der Waals surface area (Å²) in [5.41, 5.74) is 4.56.